The number of nitrogens with one attached hydrogen (secondary N) is 1. The molecular weight excluding hydrogens is 358 g/mol. The van der Waals surface area contributed by atoms with Crippen molar-refractivity contribution >= 4 is 17.6 Å². The Bertz CT molecular complexity index is 894. The van der Waals surface area contributed by atoms with Gasteiger partial charge in [-0.25, -0.2) is 9.50 Å². The average molecular weight is 385 g/mol. The highest BCUT2D eigenvalue weighted by Gasteiger charge is 2.31. The summed E-state index contributed by atoms with van der Waals surface area (Å²) in [5.41, 5.74) is 2.93. The van der Waals surface area contributed by atoms with Gasteiger partial charge in [-0.15, -0.1) is 0 Å². The molecule has 0 bridgehead atoms. The highest BCUT2D eigenvalue weighted by Crippen LogP contribution is 2.20. The van der Waals surface area contributed by atoms with Gasteiger partial charge in [0.05, 0.1) is 6.54 Å². The minimum atomic E-state index is 0.143. The summed E-state index contributed by atoms with van der Waals surface area (Å²) in [4.78, 5) is 37.6. The van der Waals surface area contributed by atoms with Gasteiger partial charge in [-0.3, -0.25) is 9.59 Å². The van der Waals surface area contributed by atoms with Crippen LogP contribution in [0.2, 0.25) is 0 Å². The van der Waals surface area contributed by atoms with E-state index in [0.29, 0.717) is 31.7 Å². The first-order valence-electron chi connectivity index (χ1n) is 9.98. The number of amides is 2. The molecule has 2 aromatic heterocycles. The van der Waals surface area contributed by atoms with E-state index in [-0.39, 0.29) is 17.9 Å². The minimum Gasteiger partial charge on any atom is -0.341 e. The van der Waals surface area contributed by atoms with E-state index in [2.05, 4.69) is 20.4 Å². The molecule has 4 heterocycles. The largest absolute Gasteiger partial charge is 0.341 e. The molecule has 4 rings (SSSR count). The molecule has 9 nitrogen and oxygen atoms in total. The molecule has 0 radical (unpaired) electrons. The molecule has 0 aliphatic carbocycles. The summed E-state index contributed by atoms with van der Waals surface area (Å²) in [6, 6.07) is 0.143. The molecule has 2 saturated heterocycles. The van der Waals surface area contributed by atoms with Crippen molar-refractivity contribution in [3.63, 3.8) is 0 Å². The molecule has 150 valence electrons. The zero-order valence-corrected chi connectivity index (χ0v) is 16.5. The minimum absolute atomic E-state index is 0.143. The van der Waals surface area contributed by atoms with E-state index in [1.54, 1.807) is 4.52 Å². The van der Waals surface area contributed by atoms with Gasteiger partial charge in [0.2, 0.25) is 11.8 Å². The Hall–Kier alpha value is -2.55. The van der Waals surface area contributed by atoms with Crippen LogP contribution in [0.4, 0.5) is 0 Å². The highest BCUT2D eigenvalue weighted by molar-refractivity contribution is 5.80. The summed E-state index contributed by atoms with van der Waals surface area (Å²) in [6.07, 6.45) is 4.48. The first kappa shape index (κ1) is 18.8. The Morgan fingerprint density at radius 1 is 1.32 bits per heavy atom. The van der Waals surface area contributed by atoms with E-state index in [9.17, 15) is 9.59 Å². The van der Waals surface area contributed by atoms with Crippen LogP contribution in [0, 0.1) is 13.8 Å². The summed E-state index contributed by atoms with van der Waals surface area (Å²) in [5, 5.41) is 7.32. The van der Waals surface area contributed by atoms with Crippen LogP contribution in [-0.4, -0.2) is 80.0 Å². The molecule has 1 N–H and O–H groups in total. The number of likely N-dealkylation sites (tertiary alicyclic amines) is 1. The Balaban J connectivity index is 1.40. The molecule has 0 spiro atoms. The summed E-state index contributed by atoms with van der Waals surface area (Å²) >= 11 is 0. The standard InChI is InChI=1S/C19H27N7O2/c1-13-16(14(2)26-19(23-13)21-12-22-26)5-6-17(27)24-8-3-4-15(11-24)25-9-7-20-10-18(25)28/h12,15,20H,3-11H2,1-2H3. The van der Waals surface area contributed by atoms with E-state index in [0.717, 1.165) is 49.4 Å². The lowest BCUT2D eigenvalue weighted by Gasteiger charge is -2.41. The molecule has 2 aliphatic heterocycles. The Morgan fingerprint density at radius 3 is 3.00 bits per heavy atom. The molecule has 2 fully saturated rings. The van der Waals surface area contributed by atoms with Crippen molar-refractivity contribution in [2.45, 2.75) is 45.6 Å². The number of piperidine rings is 1. The zero-order valence-electron chi connectivity index (χ0n) is 16.5. The van der Waals surface area contributed by atoms with Crippen LogP contribution >= 0.6 is 0 Å². The molecule has 2 aliphatic rings. The predicted molar refractivity (Wildman–Crippen MR) is 103 cm³/mol. The Labute approximate surface area is 164 Å². The van der Waals surface area contributed by atoms with Crippen LogP contribution in [0.5, 0.6) is 0 Å². The van der Waals surface area contributed by atoms with Crippen molar-refractivity contribution in [1.29, 1.82) is 0 Å². The number of hydrogen-bond donors (Lipinski definition) is 1. The number of fused-ring (bicyclic) bond motifs is 1. The number of aryl methyl sites for hydroxylation is 2. The average Bonchev–Trinajstić information content (AvgIpc) is 3.16. The number of piperazine rings is 1. The SMILES string of the molecule is Cc1nc2ncnn2c(C)c1CCC(=O)N1CCCC(N2CCNCC2=O)C1. The first-order valence-corrected chi connectivity index (χ1v) is 9.98. The van der Waals surface area contributed by atoms with E-state index in [1.165, 1.54) is 6.33 Å². The maximum Gasteiger partial charge on any atom is 0.252 e. The molecule has 0 saturated carbocycles. The third kappa shape index (κ3) is 3.58. The quantitative estimate of drug-likeness (QED) is 0.802. The monoisotopic (exact) mass is 385 g/mol. The fraction of sp³-hybridized carbons (Fsp3) is 0.632. The van der Waals surface area contributed by atoms with Crippen LogP contribution in [0.3, 0.4) is 0 Å². The van der Waals surface area contributed by atoms with Crippen molar-refractivity contribution in [2.75, 3.05) is 32.7 Å². The first-order chi connectivity index (χ1) is 13.5. The van der Waals surface area contributed by atoms with Gasteiger partial charge in [0.15, 0.2) is 0 Å². The maximum atomic E-state index is 12.9. The summed E-state index contributed by atoms with van der Waals surface area (Å²) in [6.45, 7) is 7.31. The van der Waals surface area contributed by atoms with Gasteiger partial charge in [0.1, 0.15) is 6.33 Å². The van der Waals surface area contributed by atoms with Gasteiger partial charge in [-0.2, -0.15) is 10.1 Å². The zero-order chi connectivity index (χ0) is 19.7. The van der Waals surface area contributed by atoms with E-state index < -0.39 is 0 Å². The van der Waals surface area contributed by atoms with Gasteiger partial charge in [-0.05, 0) is 38.7 Å². The molecular formula is C19H27N7O2. The third-order valence-corrected chi connectivity index (χ3v) is 5.89. The van der Waals surface area contributed by atoms with Crippen LogP contribution in [0.15, 0.2) is 6.33 Å². The van der Waals surface area contributed by atoms with E-state index in [4.69, 9.17) is 0 Å². The van der Waals surface area contributed by atoms with Crippen molar-refractivity contribution in [3.05, 3.63) is 23.3 Å². The number of carbonyl (C=O) groups is 2. The lowest BCUT2D eigenvalue weighted by atomic mass is 10.0. The van der Waals surface area contributed by atoms with Gasteiger partial charge in [0, 0.05) is 50.0 Å². The second-order valence-corrected chi connectivity index (χ2v) is 7.63. The number of carbonyl (C=O) groups excluding carboxylic acids is 2. The normalized spacial score (nSPS) is 20.8. The Kier molecular flexibility index (Phi) is 5.25. The second kappa shape index (κ2) is 7.83. The second-order valence-electron chi connectivity index (χ2n) is 7.63. The fourth-order valence-electron chi connectivity index (χ4n) is 4.35. The smallest absolute Gasteiger partial charge is 0.252 e. The van der Waals surface area contributed by atoms with Gasteiger partial charge < -0.3 is 15.1 Å². The molecule has 0 aromatic carbocycles. The molecule has 1 unspecified atom stereocenters. The molecule has 9 heteroatoms. The van der Waals surface area contributed by atoms with E-state index >= 15 is 0 Å². The summed E-state index contributed by atoms with van der Waals surface area (Å²) in [5.74, 6) is 0.874. The van der Waals surface area contributed by atoms with Crippen LogP contribution in [0.25, 0.3) is 5.78 Å². The van der Waals surface area contributed by atoms with Crippen LogP contribution in [-0.2, 0) is 16.0 Å². The van der Waals surface area contributed by atoms with Crippen molar-refractivity contribution in [3.8, 4) is 0 Å². The summed E-state index contributed by atoms with van der Waals surface area (Å²) < 4.78 is 1.72. The number of rotatable bonds is 4. The maximum absolute atomic E-state index is 12.9. The van der Waals surface area contributed by atoms with Crippen LogP contribution < -0.4 is 5.32 Å². The van der Waals surface area contributed by atoms with Gasteiger partial charge in [-0.1, -0.05) is 0 Å². The lowest BCUT2D eigenvalue weighted by Crippen LogP contribution is -2.57. The topological polar surface area (TPSA) is 95.7 Å². The number of nitrogens with zero attached hydrogens (tertiary/aromatic N) is 6. The number of aromatic nitrogens is 4. The Morgan fingerprint density at radius 2 is 2.18 bits per heavy atom. The third-order valence-electron chi connectivity index (χ3n) is 5.89. The molecule has 28 heavy (non-hydrogen) atoms. The molecule has 2 amide bonds. The van der Waals surface area contributed by atoms with E-state index in [1.807, 2.05) is 23.6 Å². The molecule has 2 aromatic rings. The van der Waals surface area contributed by atoms with Crippen molar-refractivity contribution in [2.24, 2.45) is 0 Å². The van der Waals surface area contributed by atoms with Crippen molar-refractivity contribution < 1.29 is 9.59 Å². The highest BCUT2D eigenvalue weighted by atomic mass is 16.2. The predicted octanol–water partition coefficient (Wildman–Crippen LogP) is 0.0965. The fourth-order valence-corrected chi connectivity index (χ4v) is 4.35. The van der Waals surface area contributed by atoms with Crippen LogP contribution in [0.1, 0.15) is 36.2 Å². The van der Waals surface area contributed by atoms with Gasteiger partial charge in [0.25, 0.3) is 5.78 Å². The summed E-state index contributed by atoms with van der Waals surface area (Å²) in [7, 11) is 0. The van der Waals surface area contributed by atoms with Crippen molar-refractivity contribution in [1.82, 2.24) is 34.7 Å². The molecule has 1 atom stereocenters. The van der Waals surface area contributed by atoms with Gasteiger partial charge >= 0.3 is 0 Å². The number of hydrogen-bond acceptors (Lipinski definition) is 6. The lowest BCUT2D eigenvalue weighted by molar-refractivity contribution is -0.140.